The molecule has 110 valence electrons. The van der Waals surface area contributed by atoms with Gasteiger partial charge < -0.3 is 15.4 Å². The van der Waals surface area contributed by atoms with Crippen molar-refractivity contribution in [1.82, 2.24) is 4.90 Å². The number of guanidine groups is 1. The van der Waals surface area contributed by atoms with Crippen LogP contribution in [0.3, 0.4) is 0 Å². The molecule has 0 radical (unpaired) electrons. The van der Waals surface area contributed by atoms with Crippen LogP contribution >= 0.6 is 0 Å². The first-order valence-corrected chi connectivity index (χ1v) is 8.66. The second-order valence-corrected chi connectivity index (χ2v) is 7.85. The zero-order chi connectivity index (χ0) is 13.9. The van der Waals surface area contributed by atoms with Gasteiger partial charge in [0.2, 0.25) is 0 Å². The van der Waals surface area contributed by atoms with Crippen molar-refractivity contribution in [2.45, 2.75) is 30.4 Å². The number of hydrogen-bond donors (Lipinski definition) is 1. The second kappa shape index (κ2) is 5.66. The van der Waals surface area contributed by atoms with Gasteiger partial charge in [-0.15, -0.1) is 0 Å². The molecule has 1 saturated carbocycles. The molecule has 1 aliphatic carbocycles. The smallest absolute Gasteiger partial charge is 0.191 e. The number of sulfone groups is 1. The van der Waals surface area contributed by atoms with E-state index in [1.165, 1.54) is 6.26 Å². The normalized spacial score (nSPS) is 24.7. The lowest BCUT2D eigenvalue weighted by Crippen LogP contribution is -2.46. The Morgan fingerprint density at radius 3 is 2.42 bits per heavy atom. The number of ether oxygens (including phenoxy) is 1. The van der Waals surface area contributed by atoms with E-state index in [0.29, 0.717) is 32.0 Å². The maximum Gasteiger partial charge on any atom is 0.191 e. The van der Waals surface area contributed by atoms with Crippen LogP contribution in [-0.4, -0.2) is 63.1 Å². The minimum atomic E-state index is -3.10. The summed E-state index contributed by atoms with van der Waals surface area (Å²) in [7, 11) is -3.10. The van der Waals surface area contributed by atoms with Gasteiger partial charge in [-0.1, -0.05) is 12.8 Å². The Bertz CT molecular complexity index is 435. The standard InChI is InChI=1S/C12H23N3O3S/c1-19(16,17)12(4-2-3-5-12)10-14-11(13)15-6-8-18-9-7-15/h2-10H2,1H3,(H2,13,14). The van der Waals surface area contributed by atoms with Crippen molar-refractivity contribution in [2.75, 3.05) is 39.1 Å². The number of morpholine rings is 1. The monoisotopic (exact) mass is 289 g/mol. The van der Waals surface area contributed by atoms with E-state index >= 15 is 0 Å². The quantitative estimate of drug-likeness (QED) is 0.583. The Morgan fingerprint density at radius 2 is 1.89 bits per heavy atom. The van der Waals surface area contributed by atoms with Crippen molar-refractivity contribution in [3.8, 4) is 0 Å². The summed E-state index contributed by atoms with van der Waals surface area (Å²) in [5, 5.41) is 0. The Labute approximate surface area is 114 Å². The van der Waals surface area contributed by atoms with Crippen LogP contribution in [0.5, 0.6) is 0 Å². The van der Waals surface area contributed by atoms with Crippen LogP contribution in [0.1, 0.15) is 25.7 Å². The van der Waals surface area contributed by atoms with E-state index in [1.54, 1.807) is 0 Å². The van der Waals surface area contributed by atoms with Gasteiger partial charge in [-0.3, -0.25) is 4.99 Å². The number of nitrogens with two attached hydrogens (primary N) is 1. The predicted octanol–water partition coefficient (Wildman–Crippen LogP) is -0.00930. The molecular weight excluding hydrogens is 266 g/mol. The Morgan fingerprint density at radius 1 is 1.32 bits per heavy atom. The minimum absolute atomic E-state index is 0.287. The molecular formula is C12H23N3O3S. The predicted molar refractivity (Wildman–Crippen MR) is 74.9 cm³/mol. The third kappa shape index (κ3) is 3.20. The molecule has 19 heavy (non-hydrogen) atoms. The molecule has 1 saturated heterocycles. The molecule has 0 aromatic heterocycles. The fraction of sp³-hybridized carbons (Fsp3) is 0.917. The van der Waals surface area contributed by atoms with Crippen molar-refractivity contribution < 1.29 is 13.2 Å². The van der Waals surface area contributed by atoms with Gasteiger partial charge in [0.1, 0.15) is 0 Å². The van der Waals surface area contributed by atoms with Crippen LogP contribution < -0.4 is 5.73 Å². The molecule has 2 rings (SSSR count). The number of nitrogens with zero attached hydrogens (tertiary/aromatic N) is 2. The van der Waals surface area contributed by atoms with E-state index in [4.69, 9.17) is 10.5 Å². The summed E-state index contributed by atoms with van der Waals surface area (Å²) in [6.07, 6.45) is 4.64. The van der Waals surface area contributed by atoms with Gasteiger partial charge in [-0.2, -0.15) is 0 Å². The second-order valence-electron chi connectivity index (χ2n) is 5.44. The largest absolute Gasteiger partial charge is 0.378 e. The summed E-state index contributed by atoms with van der Waals surface area (Å²) in [5.74, 6) is 0.443. The summed E-state index contributed by atoms with van der Waals surface area (Å²) >= 11 is 0. The van der Waals surface area contributed by atoms with Crippen LogP contribution in [0.25, 0.3) is 0 Å². The molecule has 0 aromatic rings. The van der Waals surface area contributed by atoms with Crippen LogP contribution in [0, 0.1) is 0 Å². The highest BCUT2D eigenvalue weighted by Crippen LogP contribution is 2.36. The molecule has 0 aromatic carbocycles. The van der Waals surface area contributed by atoms with Gasteiger partial charge in [-0.05, 0) is 12.8 Å². The molecule has 0 unspecified atom stereocenters. The van der Waals surface area contributed by atoms with Gasteiger partial charge in [0.25, 0.3) is 0 Å². The molecule has 2 fully saturated rings. The highest BCUT2D eigenvalue weighted by Gasteiger charge is 2.43. The van der Waals surface area contributed by atoms with Crippen LogP contribution in [0.15, 0.2) is 4.99 Å². The summed E-state index contributed by atoms with van der Waals surface area (Å²) < 4.78 is 28.6. The van der Waals surface area contributed by atoms with E-state index in [2.05, 4.69) is 4.99 Å². The zero-order valence-corrected chi connectivity index (χ0v) is 12.3. The van der Waals surface area contributed by atoms with Crippen LogP contribution in [0.4, 0.5) is 0 Å². The highest BCUT2D eigenvalue weighted by atomic mass is 32.2. The zero-order valence-electron chi connectivity index (χ0n) is 11.5. The first kappa shape index (κ1) is 14.6. The van der Waals surface area contributed by atoms with Crippen molar-refractivity contribution in [1.29, 1.82) is 0 Å². The minimum Gasteiger partial charge on any atom is -0.378 e. The molecule has 0 atom stereocenters. The van der Waals surface area contributed by atoms with Crippen molar-refractivity contribution in [3.63, 3.8) is 0 Å². The Hall–Kier alpha value is -0.820. The average Bonchev–Trinajstić information content (AvgIpc) is 2.86. The lowest BCUT2D eigenvalue weighted by molar-refractivity contribution is 0.0674. The summed E-state index contributed by atoms with van der Waals surface area (Å²) in [6.45, 7) is 3.03. The molecule has 2 aliphatic rings. The maximum atomic E-state index is 12.0. The maximum absolute atomic E-state index is 12.0. The molecule has 0 spiro atoms. The van der Waals surface area contributed by atoms with Crippen LogP contribution in [-0.2, 0) is 14.6 Å². The Balaban J connectivity index is 2.06. The molecule has 2 N–H and O–H groups in total. The fourth-order valence-corrected chi connectivity index (χ4v) is 4.11. The number of rotatable bonds is 3. The van der Waals surface area contributed by atoms with Crippen molar-refractivity contribution in [3.05, 3.63) is 0 Å². The van der Waals surface area contributed by atoms with E-state index < -0.39 is 14.6 Å². The van der Waals surface area contributed by atoms with Gasteiger partial charge in [0, 0.05) is 19.3 Å². The van der Waals surface area contributed by atoms with Gasteiger partial charge in [-0.25, -0.2) is 8.42 Å². The van der Waals surface area contributed by atoms with Gasteiger partial charge >= 0.3 is 0 Å². The molecule has 1 heterocycles. The van der Waals surface area contributed by atoms with Crippen LogP contribution in [0.2, 0.25) is 0 Å². The molecule has 7 heteroatoms. The van der Waals surface area contributed by atoms with E-state index in [-0.39, 0.29) is 6.54 Å². The first-order chi connectivity index (χ1) is 8.95. The van der Waals surface area contributed by atoms with Gasteiger partial charge in [0.15, 0.2) is 15.8 Å². The van der Waals surface area contributed by atoms with E-state index in [0.717, 1.165) is 25.9 Å². The molecule has 0 bridgehead atoms. The third-order valence-electron chi connectivity index (χ3n) is 4.17. The average molecular weight is 289 g/mol. The lowest BCUT2D eigenvalue weighted by Gasteiger charge is -2.29. The Kier molecular flexibility index (Phi) is 4.35. The van der Waals surface area contributed by atoms with Crippen molar-refractivity contribution in [2.24, 2.45) is 10.7 Å². The molecule has 0 amide bonds. The van der Waals surface area contributed by atoms with E-state index in [9.17, 15) is 8.42 Å². The van der Waals surface area contributed by atoms with Crippen molar-refractivity contribution >= 4 is 15.8 Å². The van der Waals surface area contributed by atoms with Gasteiger partial charge in [0.05, 0.1) is 24.5 Å². The third-order valence-corrected chi connectivity index (χ3v) is 6.28. The SMILES string of the molecule is CS(=O)(=O)C1(CN=C(N)N2CCOCC2)CCCC1. The number of aliphatic imine (C=N–C) groups is 1. The summed E-state index contributed by atoms with van der Waals surface area (Å²) in [6, 6.07) is 0. The first-order valence-electron chi connectivity index (χ1n) is 6.77. The fourth-order valence-electron chi connectivity index (χ4n) is 2.78. The number of hydrogen-bond acceptors (Lipinski definition) is 4. The topological polar surface area (TPSA) is 85.0 Å². The summed E-state index contributed by atoms with van der Waals surface area (Å²) in [4.78, 5) is 6.31. The van der Waals surface area contributed by atoms with E-state index in [1.807, 2.05) is 4.90 Å². The molecule has 1 aliphatic heterocycles. The highest BCUT2D eigenvalue weighted by molar-refractivity contribution is 7.92. The lowest BCUT2D eigenvalue weighted by atomic mass is 10.1. The molecule has 6 nitrogen and oxygen atoms in total. The summed E-state index contributed by atoms with van der Waals surface area (Å²) in [5.41, 5.74) is 5.95.